The number of rotatable bonds is 2. The fourth-order valence-corrected chi connectivity index (χ4v) is 0.253. The van der Waals surface area contributed by atoms with E-state index in [-0.39, 0.29) is 23.5 Å². The summed E-state index contributed by atoms with van der Waals surface area (Å²) in [6, 6.07) is 0. The van der Waals surface area contributed by atoms with Gasteiger partial charge in [0.25, 0.3) is 0 Å². The first-order chi connectivity index (χ1) is 3.13. The first-order valence-corrected chi connectivity index (χ1v) is 2.03. The Morgan fingerprint density at radius 3 is 2.12 bits per heavy atom. The van der Waals surface area contributed by atoms with Crippen LogP contribution >= 0.6 is 0 Å². The van der Waals surface area contributed by atoms with E-state index in [2.05, 4.69) is 0 Å². The molecular formula is C4H8CuO3. The molecule has 0 spiro atoms. The summed E-state index contributed by atoms with van der Waals surface area (Å²) in [6.45, 7) is 1.44. The SMILES string of the molecule is CC(O)CC(=O)O.[Cu]. The van der Waals surface area contributed by atoms with Crippen molar-refractivity contribution in [1.82, 2.24) is 0 Å². The van der Waals surface area contributed by atoms with Gasteiger partial charge >= 0.3 is 5.97 Å². The second-order valence-corrected chi connectivity index (χ2v) is 1.45. The van der Waals surface area contributed by atoms with E-state index in [1.165, 1.54) is 6.92 Å². The van der Waals surface area contributed by atoms with Crippen LogP contribution in [-0.4, -0.2) is 22.3 Å². The number of hydrogen-bond donors (Lipinski definition) is 2. The molecule has 0 aliphatic heterocycles. The minimum atomic E-state index is -0.963. The van der Waals surface area contributed by atoms with Crippen molar-refractivity contribution in [3.8, 4) is 0 Å². The Hall–Kier alpha value is -0.0505. The van der Waals surface area contributed by atoms with Gasteiger partial charge in [0.15, 0.2) is 0 Å². The fourth-order valence-electron chi connectivity index (χ4n) is 0.253. The van der Waals surface area contributed by atoms with Crippen LogP contribution in [0.1, 0.15) is 13.3 Å². The molecule has 0 amide bonds. The number of hydrogen-bond acceptors (Lipinski definition) is 2. The molecule has 0 fully saturated rings. The first-order valence-electron chi connectivity index (χ1n) is 2.03. The molecule has 1 radical (unpaired) electrons. The van der Waals surface area contributed by atoms with Crippen LogP contribution in [0.4, 0.5) is 0 Å². The van der Waals surface area contributed by atoms with Gasteiger partial charge in [-0.15, -0.1) is 0 Å². The van der Waals surface area contributed by atoms with Crippen molar-refractivity contribution in [3.63, 3.8) is 0 Å². The van der Waals surface area contributed by atoms with E-state index < -0.39 is 12.1 Å². The van der Waals surface area contributed by atoms with Gasteiger partial charge in [-0.25, -0.2) is 0 Å². The predicted octanol–water partition coefficient (Wildman–Crippen LogP) is -0.161. The Balaban J connectivity index is 0. The zero-order chi connectivity index (χ0) is 5.86. The van der Waals surface area contributed by atoms with Crippen LogP contribution in [0.3, 0.4) is 0 Å². The molecule has 3 nitrogen and oxygen atoms in total. The van der Waals surface area contributed by atoms with E-state index in [0.717, 1.165) is 0 Å². The summed E-state index contributed by atoms with van der Waals surface area (Å²) in [7, 11) is 0. The quantitative estimate of drug-likeness (QED) is 0.562. The van der Waals surface area contributed by atoms with Crippen LogP contribution in [0, 0.1) is 0 Å². The number of aliphatic carboxylic acids is 1. The average Bonchev–Trinajstić information content (AvgIpc) is 1.27. The molecule has 53 valence electrons. The number of aliphatic hydroxyl groups excluding tert-OH is 1. The third-order valence-corrected chi connectivity index (χ3v) is 0.470. The Bertz CT molecular complexity index is 71.7. The Morgan fingerprint density at radius 2 is 2.12 bits per heavy atom. The summed E-state index contributed by atoms with van der Waals surface area (Å²) in [5.74, 6) is -0.963. The van der Waals surface area contributed by atoms with Gasteiger partial charge in [-0.3, -0.25) is 4.79 Å². The molecule has 0 aromatic rings. The smallest absolute Gasteiger partial charge is 0.305 e. The van der Waals surface area contributed by atoms with Gasteiger partial charge in [-0.1, -0.05) is 0 Å². The molecule has 0 bridgehead atoms. The summed E-state index contributed by atoms with van der Waals surface area (Å²) in [5, 5.41) is 16.3. The third-order valence-electron chi connectivity index (χ3n) is 0.470. The van der Waals surface area contributed by atoms with Crippen LogP contribution in [0.2, 0.25) is 0 Å². The van der Waals surface area contributed by atoms with Crippen LogP contribution in [0.25, 0.3) is 0 Å². The molecule has 8 heavy (non-hydrogen) atoms. The second kappa shape index (κ2) is 5.09. The average molecular weight is 168 g/mol. The minimum Gasteiger partial charge on any atom is -0.481 e. The van der Waals surface area contributed by atoms with E-state index >= 15 is 0 Å². The van der Waals surface area contributed by atoms with Crippen molar-refractivity contribution in [2.45, 2.75) is 19.4 Å². The Morgan fingerprint density at radius 1 is 1.75 bits per heavy atom. The van der Waals surface area contributed by atoms with Crippen LogP contribution in [-0.2, 0) is 21.9 Å². The van der Waals surface area contributed by atoms with Crippen molar-refractivity contribution in [1.29, 1.82) is 0 Å². The van der Waals surface area contributed by atoms with Gasteiger partial charge in [0, 0.05) is 17.1 Å². The van der Waals surface area contributed by atoms with E-state index in [1.54, 1.807) is 0 Å². The molecule has 0 heterocycles. The standard InChI is InChI=1S/C4H8O3.Cu/c1-3(5)2-4(6)7;/h3,5H,2H2,1H3,(H,6,7);. The monoisotopic (exact) mass is 167 g/mol. The molecular weight excluding hydrogens is 160 g/mol. The number of aliphatic hydroxyl groups is 1. The summed E-state index contributed by atoms with van der Waals surface area (Å²) >= 11 is 0. The summed E-state index contributed by atoms with van der Waals surface area (Å²) in [5.41, 5.74) is 0. The maximum absolute atomic E-state index is 9.65. The van der Waals surface area contributed by atoms with Crippen molar-refractivity contribution in [3.05, 3.63) is 0 Å². The molecule has 0 aliphatic rings. The molecule has 0 aromatic carbocycles. The van der Waals surface area contributed by atoms with Crippen molar-refractivity contribution in [2.75, 3.05) is 0 Å². The van der Waals surface area contributed by atoms with Crippen LogP contribution in [0.5, 0.6) is 0 Å². The number of carboxylic acids is 1. The van der Waals surface area contributed by atoms with Gasteiger partial charge in [-0.05, 0) is 6.92 Å². The molecule has 0 rings (SSSR count). The molecule has 2 N–H and O–H groups in total. The zero-order valence-electron chi connectivity index (χ0n) is 4.39. The Kier molecular flexibility index (Phi) is 6.91. The number of carbonyl (C=O) groups is 1. The summed E-state index contributed by atoms with van der Waals surface area (Å²) < 4.78 is 0. The largest absolute Gasteiger partial charge is 0.481 e. The fraction of sp³-hybridized carbons (Fsp3) is 0.750. The molecule has 0 saturated heterocycles. The molecule has 4 heteroatoms. The van der Waals surface area contributed by atoms with Crippen molar-refractivity contribution >= 4 is 5.97 Å². The molecule has 0 saturated carbocycles. The van der Waals surface area contributed by atoms with Gasteiger partial charge in [0.05, 0.1) is 12.5 Å². The second-order valence-electron chi connectivity index (χ2n) is 1.45. The van der Waals surface area contributed by atoms with Crippen LogP contribution < -0.4 is 0 Å². The van der Waals surface area contributed by atoms with E-state index in [1.807, 2.05) is 0 Å². The zero-order valence-corrected chi connectivity index (χ0v) is 5.33. The maximum Gasteiger partial charge on any atom is 0.305 e. The summed E-state index contributed by atoms with van der Waals surface area (Å²) in [4.78, 5) is 9.65. The van der Waals surface area contributed by atoms with E-state index in [4.69, 9.17) is 10.2 Å². The first kappa shape index (κ1) is 10.8. The molecule has 0 aliphatic carbocycles. The number of carboxylic acid groups (broad SMARTS) is 1. The normalized spacial score (nSPS) is 11.8. The van der Waals surface area contributed by atoms with E-state index in [0.29, 0.717) is 0 Å². The third kappa shape index (κ3) is 9.34. The summed E-state index contributed by atoms with van der Waals surface area (Å²) in [6.07, 6.45) is -0.891. The van der Waals surface area contributed by atoms with Crippen molar-refractivity contribution in [2.24, 2.45) is 0 Å². The van der Waals surface area contributed by atoms with Gasteiger partial charge in [-0.2, -0.15) is 0 Å². The van der Waals surface area contributed by atoms with Gasteiger partial charge in [0.2, 0.25) is 0 Å². The molecule has 1 unspecified atom stereocenters. The van der Waals surface area contributed by atoms with Crippen molar-refractivity contribution < 1.29 is 32.1 Å². The van der Waals surface area contributed by atoms with Gasteiger partial charge in [0.1, 0.15) is 0 Å². The van der Waals surface area contributed by atoms with Gasteiger partial charge < -0.3 is 10.2 Å². The van der Waals surface area contributed by atoms with E-state index in [9.17, 15) is 4.79 Å². The Labute approximate surface area is 58.2 Å². The molecule has 1 atom stereocenters. The minimum absolute atomic E-state index is 0. The predicted molar refractivity (Wildman–Crippen MR) is 23.9 cm³/mol. The topological polar surface area (TPSA) is 57.5 Å². The van der Waals surface area contributed by atoms with Crippen LogP contribution in [0.15, 0.2) is 0 Å². The maximum atomic E-state index is 9.65. The molecule has 0 aromatic heterocycles.